The molecule has 6 heteroatoms. The van der Waals surface area contributed by atoms with Crippen LogP contribution in [0.5, 0.6) is 0 Å². The lowest BCUT2D eigenvalue weighted by Crippen LogP contribution is -2.19. The maximum absolute atomic E-state index is 13.3. The molecule has 0 saturated heterocycles. The molecule has 1 aromatic carbocycles. The van der Waals surface area contributed by atoms with Crippen molar-refractivity contribution >= 4 is 23.0 Å². The zero-order valence-electron chi connectivity index (χ0n) is 10.9. The van der Waals surface area contributed by atoms with Crippen LogP contribution in [-0.4, -0.2) is 26.7 Å². The number of carboxylic acid groups (broad SMARTS) is 1. The molecule has 102 valence electrons. The van der Waals surface area contributed by atoms with Crippen molar-refractivity contribution in [3.63, 3.8) is 0 Å². The fraction of sp³-hybridized carbons (Fsp3) is 0.385. The summed E-state index contributed by atoms with van der Waals surface area (Å²) in [4.78, 5) is 15.2. The second-order valence-electron chi connectivity index (χ2n) is 4.50. The zero-order chi connectivity index (χ0) is 14.0. The molecule has 0 amide bonds. The fourth-order valence-corrected chi connectivity index (χ4v) is 1.82. The SMILES string of the molecule is CCC(C)Nc1nc2ccc(F)cc2n1CC(=O)O. The molecule has 0 saturated carbocycles. The van der Waals surface area contributed by atoms with E-state index in [1.165, 1.54) is 16.7 Å². The van der Waals surface area contributed by atoms with Crippen LogP contribution in [0.25, 0.3) is 11.0 Å². The first-order valence-electron chi connectivity index (χ1n) is 6.15. The molecule has 0 bridgehead atoms. The minimum atomic E-state index is -0.990. The van der Waals surface area contributed by atoms with Crippen molar-refractivity contribution in [2.24, 2.45) is 0 Å². The van der Waals surface area contributed by atoms with Crippen molar-refractivity contribution in [1.82, 2.24) is 9.55 Å². The van der Waals surface area contributed by atoms with Gasteiger partial charge in [-0.3, -0.25) is 9.36 Å². The summed E-state index contributed by atoms with van der Waals surface area (Å²) in [7, 11) is 0. The van der Waals surface area contributed by atoms with Crippen molar-refractivity contribution in [3.05, 3.63) is 24.0 Å². The molecule has 5 nitrogen and oxygen atoms in total. The van der Waals surface area contributed by atoms with E-state index in [0.29, 0.717) is 17.0 Å². The molecule has 2 rings (SSSR count). The van der Waals surface area contributed by atoms with E-state index in [1.807, 2.05) is 13.8 Å². The molecule has 1 unspecified atom stereocenters. The lowest BCUT2D eigenvalue weighted by Gasteiger charge is -2.13. The van der Waals surface area contributed by atoms with Gasteiger partial charge in [-0.2, -0.15) is 0 Å². The molecule has 2 N–H and O–H groups in total. The Hall–Kier alpha value is -2.11. The van der Waals surface area contributed by atoms with Crippen molar-refractivity contribution < 1.29 is 14.3 Å². The highest BCUT2D eigenvalue weighted by atomic mass is 19.1. The molecule has 0 aliphatic rings. The first-order chi connectivity index (χ1) is 9.01. The number of carboxylic acids is 1. The quantitative estimate of drug-likeness (QED) is 0.871. The van der Waals surface area contributed by atoms with Crippen LogP contribution in [0.1, 0.15) is 20.3 Å². The van der Waals surface area contributed by atoms with Gasteiger partial charge in [-0.05, 0) is 31.5 Å². The van der Waals surface area contributed by atoms with E-state index >= 15 is 0 Å². The van der Waals surface area contributed by atoms with E-state index in [0.717, 1.165) is 6.42 Å². The maximum atomic E-state index is 13.3. The summed E-state index contributed by atoms with van der Waals surface area (Å²) in [5.41, 5.74) is 1.06. The summed E-state index contributed by atoms with van der Waals surface area (Å²) >= 11 is 0. The number of rotatable bonds is 5. The third kappa shape index (κ3) is 2.83. The number of benzene rings is 1. The van der Waals surface area contributed by atoms with Crippen LogP contribution in [0.2, 0.25) is 0 Å². The smallest absolute Gasteiger partial charge is 0.323 e. The van der Waals surface area contributed by atoms with Crippen LogP contribution in [0.3, 0.4) is 0 Å². The zero-order valence-corrected chi connectivity index (χ0v) is 10.9. The topological polar surface area (TPSA) is 67.2 Å². The summed E-state index contributed by atoms with van der Waals surface area (Å²) in [5, 5.41) is 12.1. The standard InChI is InChI=1S/C13H16FN3O2/c1-3-8(2)15-13-16-10-5-4-9(14)6-11(10)17(13)7-12(18)19/h4-6,8H,3,7H2,1-2H3,(H,15,16)(H,18,19). The van der Waals surface area contributed by atoms with Gasteiger partial charge in [0, 0.05) is 6.04 Å². The van der Waals surface area contributed by atoms with Crippen molar-refractivity contribution in [2.45, 2.75) is 32.9 Å². The predicted octanol–water partition coefficient (Wildman–Crippen LogP) is 2.47. The number of halogens is 1. The fourth-order valence-electron chi connectivity index (χ4n) is 1.82. The van der Waals surface area contributed by atoms with Crippen LogP contribution >= 0.6 is 0 Å². The van der Waals surface area contributed by atoms with Crippen LogP contribution in [-0.2, 0) is 11.3 Å². The number of anilines is 1. The molecular weight excluding hydrogens is 249 g/mol. The summed E-state index contributed by atoms with van der Waals surface area (Å²) < 4.78 is 14.8. The second-order valence-corrected chi connectivity index (χ2v) is 4.50. The van der Waals surface area contributed by atoms with Gasteiger partial charge >= 0.3 is 5.97 Å². The van der Waals surface area contributed by atoms with E-state index in [4.69, 9.17) is 5.11 Å². The van der Waals surface area contributed by atoms with Gasteiger partial charge < -0.3 is 10.4 Å². The number of nitrogens with one attached hydrogen (secondary N) is 1. The van der Waals surface area contributed by atoms with Crippen LogP contribution in [0.4, 0.5) is 10.3 Å². The maximum Gasteiger partial charge on any atom is 0.323 e. The van der Waals surface area contributed by atoms with E-state index in [9.17, 15) is 9.18 Å². The van der Waals surface area contributed by atoms with E-state index < -0.39 is 11.8 Å². The molecule has 2 aromatic rings. The highest BCUT2D eigenvalue weighted by Crippen LogP contribution is 2.21. The Balaban J connectivity index is 2.51. The largest absolute Gasteiger partial charge is 0.480 e. The summed E-state index contributed by atoms with van der Waals surface area (Å²) in [6, 6.07) is 4.32. The van der Waals surface area contributed by atoms with Gasteiger partial charge in [0.2, 0.25) is 5.95 Å². The Kier molecular flexibility index (Phi) is 3.69. The monoisotopic (exact) mass is 265 g/mol. The third-order valence-electron chi connectivity index (χ3n) is 2.99. The van der Waals surface area contributed by atoms with E-state index in [1.54, 1.807) is 6.07 Å². The van der Waals surface area contributed by atoms with Crippen molar-refractivity contribution in [3.8, 4) is 0 Å². The van der Waals surface area contributed by atoms with E-state index in [2.05, 4.69) is 10.3 Å². The average Bonchev–Trinajstić information content (AvgIpc) is 2.66. The average molecular weight is 265 g/mol. The lowest BCUT2D eigenvalue weighted by molar-refractivity contribution is -0.137. The number of carbonyl (C=O) groups is 1. The van der Waals surface area contributed by atoms with Gasteiger partial charge in [0.15, 0.2) is 0 Å². The number of aliphatic carboxylic acids is 1. The summed E-state index contributed by atoms with van der Waals surface area (Å²) in [6.07, 6.45) is 0.880. The van der Waals surface area contributed by atoms with Crippen molar-refractivity contribution in [2.75, 3.05) is 5.32 Å². The lowest BCUT2D eigenvalue weighted by atomic mass is 10.3. The number of fused-ring (bicyclic) bond motifs is 1. The Bertz CT molecular complexity index is 609. The highest BCUT2D eigenvalue weighted by Gasteiger charge is 2.15. The Labute approximate surface area is 110 Å². The Morgan fingerprint density at radius 1 is 1.58 bits per heavy atom. The van der Waals surface area contributed by atoms with Crippen LogP contribution in [0, 0.1) is 5.82 Å². The molecule has 0 aliphatic heterocycles. The predicted molar refractivity (Wildman–Crippen MR) is 70.7 cm³/mol. The molecule has 0 spiro atoms. The number of hydrogen-bond acceptors (Lipinski definition) is 3. The highest BCUT2D eigenvalue weighted by molar-refractivity contribution is 5.81. The number of aromatic nitrogens is 2. The van der Waals surface area contributed by atoms with Gasteiger partial charge in [0.25, 0.3) is 0 Å². The normalized spacial score (nSPS) is 12.6. The number of hydrogen-bond donors (Lipinski definition) is 2. The molecule has 19 heavy (non-hydrogen) atoms. The van der Waals surface area contributed by atoms with Gasteiger partial charge in [-0.25, -0.2) is 9.37 Å². The van der Waals surface area contributed by atoms with Crippen LogP contribution < -0.4 is 5.32 Å². The van der Waals surface area contributed by atoms with Crippen LogP contribution in [0.15, 0.2) is 18.2 Å². The molecule has 1 atom stereocenters. The molecule has 0 fully saturated rings. The van der Waals surface area contributed by atoms with E-state index in [-0.39, 0.29) is 12.6 Å². The summed E-state index contributed by atoms with van der Waals surface area (Å²) in [5.74, 6) is -0.942. The molecule has 1 heterocycles. The minimum Gasteiger partial charge on any atom is -0.480 e. The first-order valence-corrected chi connectivity index (χ1v) is 6.15. The van der Waals surface area contributed by atoms with Gasteiger partial charge in [-0.15, -0.1) is 0 Å². The Morgan fingerprint density at radius 2 is 2.32 bits per heavy atom. The molecule has 0 aliphatic carbocycles. The first kappa shape index (κ1) is 13.3. The van der Waals surface area contributed by atoms with Crippen molar-refractivity contribution in [1.29, 1.82) is 0 Å². The molecule has 0 radical (unpaired) electrons. The third-order valence-corrected chi connectivity index (χ3v) is 2.99. The Morgan fingerprint density at radius 3 is 2.95 bits per heavy atom. The van der Waals surface area contributed by atoms with Gasteiger partial charge in [0.05, 0.1) is 11.0 Å². The number of imidazole rings is 1. The van der Waals surface area contributed by atoms with Gasteiger partial charge in [-0.1, -0.05) is 6.92 Å². The number of nitrogens with zero attached hydrogens (tertiary/aromatic N) is 2. The molecular formula is C13H16FN3O2. The summed E-state index contributed by atoms with van der Waals surface area (Å²) in [6.45, 7) is 3.74. The second kappa shape index (κ2) is 5.26. The van der Waals surface area contributed by atoms with Gasteiger partial charge in [0.1, 0.15) is 12.4 Å². The minimum absolute atomic E-state index is 0.161. The molecule has 1 aromatic heterocycles.